The molecule has 4 rings (SSSR count). The lowest BCUT2D eigenvalue weighted by Gasteiger charge is -2.42. The highest BCUT2D eigenvalue weighted by molar-refractivity contribution is 4.87. The van der Waals surface area contributed by atoms with Crippen molar-refractivity contribution in [2.24, 2.45) is 41.4 Å². The van der Waals surface area contributed by atoms with Crippen molar-refractivity contribution in [3.8, 4) is 0 Å². The minimum Gasteiger partial charge on any atom is -0.352 e. The van der Waals surface area contributed by atoms with E-state index in [1.165, 1.54) is 89.9 Å². The van der Waals surface area contributed by atoms with Crippen LogP contribution in [-0.4, -0.2) is 19.5 Å². The van der Waals surface area contributed by atoms with Gasteiger partial charge in [-0.15, -0.1) is 0 Å². The van der Waals surface area contributed by atoms with E-state index in [1.54, 1.807) is 0 Å². The monoisotopic (exact) mass is 466 g/mol. The van der Waals surface area contributed by atoms with Crippen molar-refractivity contribution in [1.29, 1.82) is 0 Å². The van der Waals surface area contributed by atoms with Crippen LogP contribution < -0.4 is 0 Å². The molecule has 2 nitrogen and oxygen atoms in total. The highest BCUT2D eigenvalue weighted by Gasteiger charge is 2.37. The molecule has 4 aliphatic rings. The molecule has 33 heavy (non-hydrogen) atoms. The van der Waals surface area contributed by atoms with Gasteiger partial charge in [0, 0.05) is 11.8 Å². The Bertz CT molecular complexity index is 572. The second kappa shape index (κ2) is 13.0. The molecule has 0 unspecified atom stereocenters. The van der Waals surface area contributed by atoms with Crippen LogP contribution in [0, 0.1) is 41.4 Å². The average molecular weight is 467 g/mol. The molecule has 0 aromatic heterocycles. The Morgan fingerprint density at radius 3 is 1.55 bits per heavy atom. The van der Waals surface area contributed by atoms with Gasteiger partial charge in [-0.05, 0) is 119 Å². The van der Waals surface area contributed by atoms with E-state index in [9.17, 15) is 8.78 Å². The third kappa shape index (κ3) is 7.50. The maximum Gasteiger partial charge on any atom is 0.266 e. The van der Waals surface area contributed by atoms with E-state index in [-0.39, 0.29) is 6.29 Å². The van der Waals surface area contributed by atoms with Gasteiger partial charge in [0.1, 0.15) is 0 Å². The summed E-state index contributed by atoms with van der Waals surface area (Å²) in [5.41, 5.74) is 0. The van der Waals surface area contributed by atoms with E-state index < -0.39 is 6.08 Å². The van der Waals surface area contributed by atoms with Crippen molar-refractivity contribution >= 4 is 0 Å². The molecule has 0 radical (unpaired) electrons. The Morgan fingerprint density at radius 1 is 0.636 bits per heavy atom. The molecular weight excluding hydrogens is 418 g/mol. The first-order valence-corrected chi connectivity index (χ1v) is 14.4. The van der Waals surface area contributed by atoms with Gasteiger partial charge in [0.25, 0.3) is 6.08 Å². The summed E-state index contributed by atoms with van der Waals surface area (Å²) in [4.78, 5) is 0. The Labute approximate surface area is 201 Å². The average Bonchev–Trinajstić information content (AvgIpc) is 2.85. The van der Waals surface area contributed by atoms with Crippen LogP contribution in [0.2, 0.25) is 0 Å². The Morgan fingerprint density at radius 2 is 1.09 bits per heavy atom. The van der Waals surface area contributed by atoms with Crippen LogP contribution in [0.5, 0.6) is 0 Å². The highest BCUT2D eigenvalue weighted by atomic mass is 19.3. The quantitative estimate of drug-likeness (QED) is 0.356. The molecule has 190 valence electrons. The number of allylic oxidation sites excluding steroid dienone is 1. The summed E-state index contributed by atoms with van der Waals surface area (Å²) in [5, 5.41) is 0. The highest BCUT2D eigenvalue weighted by Crippen LogP contribution is 2.47. The predicted molar refractivity (Wildman–Crippen MR) is 130 cm³/mol. The summed E-state index contributed by atoms with van der Waals surface area (Å²) in [7, 11) is 0. The summed E-state index contributed by atoms with van der Waals surface area (Å²) in [6, 6.07) is 0. The molecule has 1 heterocycles. The van der Waals surface area contributed by atoms with Crippen LogP contribution in [0.1, 0.15) is 110 Å². The third-order valence-electron chi connectivity index (χ3n) is 9.81. The van der Waals surface area contributed by atoms with Crippen LogP contribution in [0.4, 0.5) is 8.78 Å². The van der Waals surface area contributed by atoms with E-state index in [4.69, 9.17) is 9.47 Å². The molecule has 0 amide bonds. The minimum atomic E-state index is -1.51. The van der Waals surface area contributed by atoms with Gasteiger partial charge in [0.15, 0.2) is 6.29 Å². The van der Waals surface area contributed by atoms with Crippen molar-refractivity contribution in [2.45, 2.75) is 116 Å². The van der Waals surface area contributed by atoms with E-state index in [0.29, 0.717) is 24.2 Å². The minimum absolute atomic E-state index is 0.0666. The van der Waals surface area contributed by atoms with E-state index in [2.05, 4.69) is 6.92 Å². The smallest absolute Gasteiger partial charge is 0.266 e. The standard InChI is InChI=1S/C29H48F2O2/c1-2-4-22-19-32-29(33-20-22)27-17-15-26(16-18-27)25-13-11-24(12-14-25)23-9-7-21(8-10-23)5-3-6-28(30)31/h6,21-27,29H,2-5,7-20H2,1H3. The molecule has 1 aliphatic heterocycles. The largest absolute Gasteiger partial charge is 0.352 e. The molecular formula is C29H48F2O2. The van der Waals surface area contributed by atoms with E-state index in [0.717, 1.165) is 49.4 Å². The second-order valence-electron chi connectivity index (χ2n) is 11.9. The summed E-state index contributed by atoms with van der Waals surface area (Å²) < 4.78 is 36.8. The lowest BCUT2D eigenvalue weighted by molar-refractivity contribution is -0.230. The van der Waals surface area contributed by atoms with Crippen LogP contribution in [0.25, 0.3) is 0 Å². The third-order valence-corrected chi connectivity index (χ3v) is 9.81. The number of hydrogen-bond acceptors (Lipinski definition) is 2. The molecule has 0 atom stereocenters. The van der Waals surface area contributed by atoms with Crippen LogP contribution in [0.3, 0.4) is 0 Å². The maximum absolute atomic E-state index is 12.3. The Kier molecular flexibility index (Phi) is 10.1. The van der Waals surface area contributed by atoms with Crippen molar-refractivity contribution in [3.63, 3.8) is 0 Å². The molecule has 3 saturated carbocycles. The van der Waals surface area contributed by atoms with E-state index >= 15 is 0 Å². The molecule has 1 saturated heterocycles. The number of halogens is 2. The fourth-order valence-corrected chi connectivity index (χ4v) is 7.76. The van der Waals surface area contributed by atoms with Gasteiger partial charge in [-0.1, -0.05) is 26.2 Å². The Hall–Kier alpha value is -0.480. The molecule has 0 bridgehead atoms. The number of rotatable bonds is 8. The van der Waals surface area contributed by atoms with E-state index in [1.807, 2.05) is 0 Å². The van der Waals surface area contributed by atoms with Crippen molar-refractivity contribution < 1.29 is 18.3 Å². The van der Waals surface area contributed by atoms with Gasteiger partial charge in [0.05, 0.1) is 13.2 Å². The van der Waals surface area contributed by atoms with Crippen molar-refractivity contribution in [3.05, 3.63) is 12.2 Å². The zero-order valence-electron chi connectivity index (χ0n) is 21.0. The first kappa shape index (κ1) is 25.6. The predicted octanol–water partition coefficient (Wildman–Crippen LogP) is 8.76. The molecule has 0 spiro atoms. The summed E-state index contributed by atoms with van der Waals surface area (Å²) in [6.45, 7) is 4.04. The topological polar surface area (TPSA) is 18.5 Å². The number of hydrogen-bond donors (Lipinski definition) is 0. The summed E-state index contributed by atoms with van der Waals surface area (Å²) in [6.07, 6.45) is 19.9. The fraction of sp³-hybridized carbons (Fsp3) is 0.931. The molecule has 0 aromatic carbocycles. The first-order chi connectivity index (χ1) is 16.1. The Balaban J connectivity index is 1.11. The second-order valence-corrected chi connectivity index (χ2v) is 11.9. The summed E-state index contributed by atoms with van der Waals surface area (Å²) >= 11 is 0. The normalized spacial score (nSPS) is 40.3. The zero-order chi connectivity index (χ0) is 23.0. The maximum atomic E-state index is 12.3. The molecule has 4 fully saturated rings. The lowest BCUT2D eigenvalue weighted by atomic mass is 9.65. The van der Waals surface area contributed by atoms with Gasteiger partial charge in [-0.2, -0.15) is 8.78 Å². The molecule has 4 heteroatoms. The van der Waals surface area contributed by atoms with Gasteiger partial charge in [-0.25, -0.2) is 0 Å². The first-order valence-electron chi connectivity index (χ1n) is 14.4. The van der Waals surface area contributed by atoms with Crippen molar-refractivity contribution in [1.82, 2.24) is 0 Å². The van der Waals surface area contributed by atoms with Crippen LogP contribution in [0.15, 0.2) is 12.2 Å². The zero-order valence-corrected chi connectivity index (χ0v) is 21.0. The van der Waals surface area contributed by atoms with Crippen LogP contribution in [-0.2, 0) is 9.47 Å². The van der Waals surface area contributed by atoms with Crippen LogP contribution >= 0.6 is 0 Å². The van der Waals surface area contributed by atoms with Gasteiger partial charge < -0.3 is 9.47 Å². The molecule has 0 N–H and O–H groups in total. The van der Waals surface area contributed by atoms with Gasteiger partial charge in [-0.3, -0.25) is 0 Å². The SMILES string of the molecule is CCCC1COC(C2CCC(C3CCC(C4CCC(CCC=C(F)F)CC4)CC3)CC2)OC1. The van der Waals surface area contributed by atoms with Gasteiger partial charge in [0.2, 0.25) is 0 Å². The molecule has 3 aliphatic carbocycles. The fourth-order valence-electron chi connectivity index (χ4n) is 7.76. The summed E-state index contributed by atoms with van der Waals surface area (Å²) in [5.74, 6) is 5.62. The van der Waals surface area contributed by atoms with Gasteiger partial charge >= 0.3 is 0 Å². The lowest BCUT2D eigenvalue weighted by Crippen LogP contribution is -2.39. The van der Waals surface area contributed by atoms with Crippen molar-refractivity contribution in [2.75, 3.05) is 13.2 Å². The number of ether oxygens (including phenoxy) is 2. The molecule has 0 aromatic rings.